The lowest BCUT2D eigenvalue weighted by Crippen LogP contribution is -2.48. The third-order valence-electron chi connectivity index (χ3n) is 5.76. The predicted octanol–water partition coefficient (Wildman–Crippen LogP) is 2.98. The van der Waals surface area contributed by atoms with Gasteiger partial charge in [0.1, 0.15) is 0 Å². The third kappa shape index (κ3) is 4.11. The Morgan fingerprint density at radius 3 is 2.46 bits per heavy atom. The molecule has 1 atom stereocenters. The number of nitrogens with zero attached hydrogens (tertiary/aromatic N) is 5. The molecule has 2 aliphatic heterocycles. The van der Waals surface area contributed by atoms with Crippen LogP contribution in [0.2, 0.25) is 0 Å². The van der Waals surface area contributed by atoms with Crippen LogP contribution < -0.4 is 9.80 Å². The minimum atomic E-state index is 0.0301. The summed E-state index contributed by atoms with van der Waals surface area (Å²) in [6.07, 6.45) is 5.83. The first-order valence-corrected chi connectivity index (χ1v) is 10.3. The number of carbonyl (C=O) groups excluding carboxylic acids is 1. The van der Waals surface area contributed by atoms with Crippen LogP contribution in [0.3, 0.4) is 0 Å². The molecule has 2 aromatic rings. The zero-order valence-electron chi connectivity index (χ0n) is 16.8. The molecule has 0 spiro atoms. The van der Waals surface area contributed by atoms with Crippen molar-refractivity contribution in [3.05, 3.63) is 47.8 Å². The van der Waals surface area contributed by atoms with E-state index in [2.05, 4.69) is 57.9 Å². The van der Waals surface area contributed by atoms with Crippen molar-refractivity contribution in [2.45, 2.75) is 26.7 Å². The lowest BCUT2D eigenvalue weighted by molar-refractivity contribution is 0.0746. The van der Waals surface area contributed by atoms with Crippen molar-refractivity contribution < 1.29 is 4.79 Å². The van der Waals surface area contributed by atoms with E-state index in [1.807, 2.05) is 4.90 Å². The van der Waals surface area contributed by atoms with Gasteiger partial charge in [0.15, 0.2) is 0 Å². The second kappa shape index (κ2) is 8.17. The molecular weight excluding hydrogens is 350 g/mol. The number of rotatable bonds is 3. The average molecular weight is 380 g/mol. The molecule has 4 rings (SSSR count). The van der Waals surface area contributed by atoms with Crippen molar-refractivity contribution in [3.63, 3.8) is 0 Å². The summed E-state index contributed by atoms with van der Waals surface area (Å²) >= 11 is 0. The summed E-state index contributed by atoms with van der Waals surface area (Å²) in [5.74, 6) is 1.44. The molecule has 0 bridgehead atoms. The molecule has 2 saturated heterocycles. The Hall–Kier alpha value is -2.63. The lowest BCUT2D eigenvalue weighted by Gasteiger charge is -2.36. The summed E-state index contributed by atoms with van der Waals surface area (Å²) in [5, 5.41) is 0. The summed E-state index contributed by atoms with van der Waals surface area (Å²) in [5.41, 5.74) is 3.07. The minimum absolute atomic E-state index is 0.0301. The highest BCUT2D eigenvalue weighted by Crippen LogP contribution is 2.21. The van der Waals surface area contributed by atoms with E-state index in [-0.39, 0.29) is 5.91 Å². The first-order valence-electron chi connectivity index (χ1n) is 10.3. The Bertz CT molecular complexity index is 814. The normalized spacial score (nSPS) is 20.4. The molecule has 148 valence electrons. The number of piperidine rings is 1. The maximum Gasteiger partial charge on any atom is 0.257 e. The molecule has 1 aromatic carbocycles. The Morgan fingerprint density at radius 1 is 1.04 bits per heavy atom. The molecule has 0 radical (unpaired) electrons. The highest BCUT2D eigenvalue weighted by atomic mass is 16.2. The largest absolute Gasteiger partial charge is 0.368 e. The summed E-state index contributed by atoms with van der Waals surface area (Å²) in [7, 11) is 0. The van der Waals surface area contributed by atoms with Crippen LogP contribution in [0.25, 0.3) is 0 Å². The molecule has 1 unspecified atom stereocenters. The van der Waals surface area contributed by atoms with Crippen LogP contribution >= 0.6 is 0 Å². The zero-order valence-corrected chi connectivity index (χ0v) is 16.8. The highest BCUT2D eigenvalue weighted by Gasteiger charge is 2.24. The molecule has 1 amide bonds. The second-order valence-electron chi connectivity index (χ2n) is 8.08. The second-order valence-corrected chi connectivity index (χ2v) is 8.08. The number of hydrogen-bond donors (Lipinski definition) is 0. The van der Waals surface area contributed by atoms with Crippen LogP contribution in [0, 0.1) is 12.8 Å². The highest BCUT2D eigenvalue weighted by molar-refractivity contribution is 5.93. The van der Waals surface area contributed by atoms with Crippen molar-refractivity contribution in [1.29, 1.82) is 0 Å². The SMILES string of the molecule is Cc1cccc(N2CCN(C(=O)c3cnc(N4CCCC(C)C4)nc3)CC2)c1. The average Bonchev–Trinajstić information content (AvgIpc) is 2.73. The van der Waals surface area contributed by atoms with Crippen LogP contribution in [0.4, 0.5) is 11.6 Å². The summed E-state index contributed by atoms with van der Waals surface area (Å²) in [6.45, 7) is 9.50. The molecule has 3 heterocycles. The fourth-order valence-electron chi connectivity index (χ4n) is 4.14. The van der Waals surface area contributed by atoms with Gasteiger partial charge in [-0.05, 0) is 43.4 Å². The molecule has 6 heteroatoms. The number of aryl methyl sites for hydroxylation is 1. The van der Waals surface area contributed by atoms with Crippen LogP contribution in [0.1, 0.15) is 35.7 Å². The van der Waals surface area contributed by atoms with E-state index in [0.717, 1.165) is 45.2 Å². The third-order valence-corrected chi connectivity index (χ3v) is 5.76. The van der Waals surface area contributed by atoms with Gasteiger partial charge in [-0.1, -0.05) is 19.1 Å². The Balaban J connectivity index is 1.36. The number of hydrogen-bond acceptors (Lipinski definition) is 5. The lowest BCUT2D eigenvalue weighted by atomic mass is 10.0. The van der Waals surface area contributed by atoms with Gasteiger partial charge in [-0.25, -0.2) is 9.97 Å². The summed E-state index contributed by atoms with van der Waals surface area (Å²) in [6, 6.07) is 8.53. The molecular formula is C22H29N5O. The fraction of sp³-hybridized carbons (Fsp3) is 0.500. The standard InChI is InChI=1S/C22H29N5O/c1-17-5-3-7-20(13-17)25-9-11-26(12-10-25)21(28)19-14-23-22(24-15-19)27-8-4-6-18(2)16-27/h3,5,7,13-15,18H,4,6,8-12,16H2,1-2H3. The van der Waals surface area contributed by atoms with Gasteiger partial charge in [0, 0.05) is 57.3 Å². The van der Waals surface area contributed by atoms with E-state index >= 15 is 0 Å². The van der Waals surface area contributed by atoms with Crippen LogP contribution in [0.5, 0.6) is 0 Å². The molecule has 2 aliphatic rings. The van der Waals surface area contributed by atoms with Crippen LogP contribution in [0.15, 0.2) is 36.7 Å². The number of aromatic nitrogens is 2. The molecule has 6 nitrogen and oxygen atoms in total. The van der Waals surface area contributed by atoms with E-state index in [0.29, 0.717) is 11.5 Å². The smallest absolute Gasteiger partial charge is 0.257 e. The quantitative estimate of drug-likeness (QED) is 0.821. The van der Waals surface area contributed by atoms with Gasteiger partial charge in [-0.2, -0.15) is 0 Å². The van der Waals surface area contributed by atoms with E-state index in [4.69, 9.17) is 0 Å². The number of carbonyl (C=O) groups is 1. The first-order chi connectivity index (χ1) is 13.6. The molecule has 0 N–H and O–H groups in total. The van der Waals surface area contributed by atoms with Gasteiger partial charge in [0.2, 0.25) is 5.95 Å². The Labute approximate surface area is 167 Å². The van der Waals surface area contributed by atoms with Crippen LogP contribution in [-0.2, 0) is 0 Å². The van der Waals surface area contributed by atoms with Crippen molar-refractivity contribution >= 4 is 17.5 Å². The minimum Gasteiger partial charge on any atom is -0.368 e. The van der Waals surface area contributed by atoms with Crippen molar-refractivity contribution in [1.82, 2.24) is 14.9 Å². The first kappa shape index (κ1) is 18.7. The van der Waals surface area contributed by atoms with Crippen LogP contribution in [-0.4, -0.2) is 60.0 Å². The topological polar surface area (TPSA) is 52.6 Å². The maximum atomic E-state index is 12.9. The van der Waals surface area contributed by atoms with E-state index in [1.54, 1.807) is 12.4 Å². The van der Waals surface area contributed by atoms with E-state index < -0.39 is 0 Å². The van der Waals surface area contributed by atoms with Crippen molar-refractivity contribution in [2.75, 3.05) is 49.1 Å². The molecule has 1 aromatic heterocycles. The summed E-state index contributed by atoms with van der Waals surface area (Å²) in [4.78, 5) is 28.3. The van der Waals surface area contributed by atoms with Gasteiger partial charge in [0.25, 0.3) is 5.91 Å². The number of anilines is 2. The van der Waals surface area contributed by atoms with Gasteiger partial charge < -0.3 is 14.7 Å². The zero-order chi connectivity index (χ0) is 19.5. The number of benzene rings is 1. The Kier molecular flexibility index (Phi) is 5.46. The number of amides is 1. The van der Waals surface area contributed by atoms with Gasteiger partial charge in [-0.15, -0.1) is 0 Å². The van der Waals surface area contributed by atoms with Crippen molar-refractivity contribution in [3.8, 4) is 0 Å². The molecule has 2 fully saturated rings. The monoisotopic (exact) mass is 379 g/mol. The Morgan fingerprint density at radius 2 is 1.79 bits per heavy atom. The maximum absolute atomic E-state index is 12.9. The summed E-state index contributed by atoms with van der Waals surface area (Å²) < 4.78 is 0. The molecule has 0 aliphatic carbocycles. The number of piperazine rings is 1. The van der Waals surface area contributed by atoms with E-state index in [1.165, 1.54) is 24.1 Å². The van der Waals surface area contributed by atoms with Gasteiger partial charge in [0.05, 0.1) is 5.56 Å². The van der Waals surface area contributed by atoms with Crippen molar-refractivity contribution in [2.24, 2.45) is 5.92 Å². The fourth-order valence-corrected chi connectivity index (χ4v) is 4.14. The molecule has 0 saturated carbocycles. The predicted molar refractivity (Wildman–Crippen MR) is 112 cm³/mol. The van der Waals surface area contributed by atoms with Gasteiger partial charge in [-0.3, -0.25) is 4.79 Å². The molecule has 28 heavy (non-hydrogen) atoms. The van der Waals surface area contributed by atoms with Gasteiger partial charge >= 0.3 is 0 Å². The van der Waals surface area contributed by atoms with E-state index in [9.17, 15) is 4.79 Å².